The summed E-state index contributed by atoms with van der Waals surface area (Å²) >= 11 is 3.52. The Morgan fingerprint density at radius 1 is 1.08 bits per heavy atom. The maximum Gasteiger partial charge on any atom is 0.257 e. The van der Waals surface area contributed by atoms with Gasteiger partial charge in [-0.05, 0) is 49.1 Å². The second-order valence-corrected chi connectivity index (χ2v) is 6.76. The Hall–Kier alpha value is -2.21. The van der Waals surface area contributed by atoms with Gasteiger partial charge in [0.15, 0.2) is 18.1 Å². The summed E-state index contributed by atoms with van der Waals surface area (Å²) in [5.74, 6) is 1.94. The molecule has 2 aromatic carbocycles. The van der Waals surface area contributed by atoms with Crippen LogP contribution in [-0.2, 0) is 11.2 Å². The van der Waals surface area contributed by atoms with Gasteiger partial charge in [-0.2, -0.15) is 0 Å². The van der Waals surface area contributed by atoms with Crippen molar-refractivity contribution in [2.24, 2.45) is 0 Å². The van der Waals surface area contributed by atoms with Crippen LogP contribution < -0.4 is 19.5 Å². The van der Waals surface area contributed by atoms with Crippen LogP contribution in [0.3, 0.4) is 0 Å². The van der Waals surface area contributed by atoms with Crippen molar-refractivity contribution in [3.8, 4) is 17.2 Å². The molecule has 0 spiro atoms. The van der Waals surface area contributed by atoms with E-state index in [1.54, 1.807) is 14.2 Å². The molecule has 0 atom stereocenters. The maximum absolute atomic E-state index is 12.0. The molecule has 26 heavy (non-hydrogen) atoms. The van der Waals surface area contributed by atoms with Crippen molar-refractivity contribution in [3.63, 3.8) is 0 Å². The third-order valence-electron chi connectivity index (χ3n) is 4.03. The van der Waals surface area contributed by atoms with Gasteiger partial charge in [0.05, 0.1) is 14.2 Å². The van der Waals surface area contributed by atoms with Crippen LogP contribution in [0, 0.1) is 13.8 Å². The second-order valence-electron chi connectivity index (χ2n) is 5.91. The van der Waals surface area contributed by atoms with Crippen LogP contribution in [0.4, 0.5) is 0 Å². The van der Waals surface area contributed by atoms with Crippen molar-refractivity contribution in [3.05, 3.63) is 51.5 Å². The minimum atomic E-state index is -0.149. The molecular weight excluding hydrogens is 398 g/mol. The number of nitrogens with one attached hydrogen (secondary N) is 1. The van der Waals surface area contributed by atoms with E-state index < -0.39 is 0 Å². The summed E-state index contributed by atoms with van der Waals surface area (Å²) < 4.78 is 17.2. The number of amides is 1. The summed E-state index contributed by atoms with van der Waals surface area (Å²) in [5.41, 5.74) is 3.07. The van der Waals surface area contributed by atoms with Crippen LogP contribution in [0.1, 0.15) is 16.7 Å². The molecule has 0 saturated heterocycles. The van der Waals surface area contributed by atoms with Gasteiger partial charge in [-0.1, -0.05) is 34.1 Å². The molecule has 0 saturated carbocycles. The Balaban J connectivity index is 1.87. The van der Waals surface area contributed by atoms with Gasteiger partial charge in [-0.15, -0.1) is 0 Å². The number of hydrogen-bond donors (Lipinski definition) is 1. The van der Waals surface area contributed by atoms with E-state index in [1.807, 2.05) is 44.2 Å². The summed E-state index contributed by atoms with van der Waals surface area (Å²) in [6, 6.07) is 9.67. The SMILES string of the molecule is COc1cc(Br)c(CCNC(=O)COc2c(C)cccc2C)cc1OC. The lowest BCUT2D eigenvalue weighted by atomic mass is 10.1. The molecule has 0 fully saturated rings. The smallest absolute Gasteiger partial charge is 0.257 e. The highest BCUT2D eigenvalue weighted by Crippen LogP contribution is 2.33. The van der Waals surface area contributed by atoms with E-state index in [-0.39, 0.29) is 12.5 Å². The topological polar surface area (TPSA) is 56.8 Å². The standard InChI is InChI=1S/C20H24BrNO4/c1-13-6-5-7-14(2)20(13)26-12-19(23)22-9-8-15-10-17(24-3)18(25-4)11-16(15)21/h5-7,10-11H,8-9,12H2,1-4H3,(H,22,23). The van der Waals surface area contributed by atoms with E-state index >= 15 is 0 Å². The van der Waals surface area contributed by atoms with E-state index in [0.29, 0.717) is 24.5 Å². The van der Waals surface area contributed by atoms with Crippen LogP contribution in [-0.4, -0.2) is 33.3 Å². The van der Waals surface area contributed by atoms with Gasteiger partial charge >= 0.3 is 0 Å². The van der Waals surface area contributed by atoms with Crippen LogP contribution in [0.15, 0.2) is 34.8 Å². The number of ether oxygens (including phenoxy) is 3. The van der Waals surface area contributed by atoms with Gasteiger partial charge in [-0.3, -0.25) is 4.79 Å². The van der Waals surface area contributed by atoms with Gasteiger partial charge in [-0.25, -0.2) is 0 Å². The third kappa shape index (κ3) is 5.14. The minimum Gasteiger partial charge on any atom is -0.493 e. The quantitative estimate of drug-likeness (QED) is 0.703. The number of carbonyl (C=O) groups is 1. The summed E-state index contributed by atoms with van der Waals surface area (Å²) in [4.78, 5) is 12.0. The molecule has 0 heterocycles. The van der Waals surface area contributed by atoms with E-state index in [1.165, 1.54) is 0 Å². The molecule has 140 valence electrons. The van der Waals surface area contributed by atoms with Gasteiger partial charge in [0.2, 0.25) is 0 Å². The largest absolute Gasteiger partial charge is 0.493 e. The molecule has 0 aliphatic carbocycles. The maximum atomic E-state index is 12.0. The number of benzene rings is 2. The van der Waals surface area contributed by atoms with E-state index in [9.17, 15) is 4.79 Å². The molecular formula is C20H24BrNO4. The molecule has 1 amide bonds. The zero-order valence-corrected chi connectivity index (χ0v) is 17.1. The number of rotatable bonds is 8. The van der Waals surface area contributed by atoms with E-state index in [2.05, 4.69) is 21.2 Å². The van der Waals surface area contributed by atoms with Crippen molar-refractivity contribution in [1.29, 1.82) is 0 Å². The number of aryl methyl sites for hydroxylation is 2. The zero-order valence-electron chi connectivity index (χ0n) is 15.5. The van der Waals surface area contributed by atoms with Crippen molar-refractivity contribution >= 4 is 21.8 Å². The number of hydrogen-bond acceptors (Lipinski definition) is 4. The molecule has 0 aliphatic rings. The Bertz CT molecular complexity index is 756. The number of halogens is 1. The fourth-order valence-corrected chi connectivity index (χ4v) is 3.16. The molecule has 2 aromatic rings. The van der Waals surface area contributed by atoms with Crippen molar-refractivity contribution in [2.45, 2.75) is 20.3 Å². The first-order chi connectivity index (χ1) is 12.5. The van der Waals surface area contributed by atoms with E-state index in [0.717, 1.165) is 26.9 Å². The van der Waals surface area contributed by atoms with Gasteiger partial charge < -0.3 is 19.5 Å². The average molecular weight is 422 g/mol. The monoisotopic (exact) mass is 421 g/mol. The minimum absolute atomic E-state index is 0.00119. The Labute approximate surface area is 162 Å². The van der Waals surface area contributed by atoms with Crippen molar-refractivity contribution in [2.75, 3.05) is 27.4 Å². The molecule has 0 aliphatic heterocycles. The molecule has 0 aromatic heterocycles. The number of carbonyl (C=O) groups excluding carboxylic acids is 1. The second kappa shape index (κ2) is 9.48. The van der Waals surface area contributed by atoms with Gasteiger partial charge in [0, 0.05) is 11.0 Å². The Kier molecular flexibility index (Phi) is 7.33. The fourth-order valence-electron chi connectivity index (χ4n) is 2.64. The van der Waals surface area contributed by atoms with Crippen LogP contribution in [0.5, 0.6) is 17.2 Å². The molecule has 1 N–H and O–H groups in total. The summed E-state index contributed by atoms with van der Waals surface area (Å²) in [6.07, 6.45) is 0.663. The third-order valence-corrected chi connectivity index (χ3v) is 4.76. The fraction of sp³-hybridized carbons (Fsp3) is 0.350. The lowest BCUT2D eigenvalue weighted by molar-refractivity contribution is -0.123. The highest BCUT2D eigenvalue weighted by atomic mass is 79.9. The van der Waals surface area contributed by atoms with Crippen LogP contribution in [0.2, 0.25) is 0 Å². The Morgan fingerprint density at radius 3 is 2.31 bits per heavy atom. The molecule has 0 bridgehead atoms. The zero-order chi connectivity index (χ0) is 19.1. The molecule has 0 unspecified atom stereocenters. The normalized spacial score (nSPS) is 10.3. The van der Waals surface area contributed by atoms with Gasteiger partial charge in [0.1, 0.15) is 5.75 Å². The lowest BCUT2D eigenvalue weighted by Crippen LogP contribution is -2.30. The summed E-state index contributed by atoms with van der Waals surface area (Å²) in [5, 5.41) is 2.88. The first-order valence-corrected chi connectivity index (χ1v) is 9.11. The number of para-hydroxylation sites is 1. The van der Waals surface area contributed by atoms with Crippen molar-refractivity contribution in [1.82, 2.24) is 5.32 Å². The lowest BCUT2D eigenvalue weighted by Gasteiger charge is -2.13. The molecule has 6 heteroatoms. The summed E-state index contributed by atoms with van der Waals surface area (Å²) in [7, 11) is 3.20. The number of methoxy groups -OCH3 is 2. The molecule has 2 rings (SSSR count). The molecule has 5 nitrogen and oxygen atoms in total. The molecule has 0 radical (unpaired) electrons. The highest BCUT2D eigenvalue weighted by Gasteiger charge is 2.11. The van der Waals surface area contributed by atoms with Crippen LogP contribution in [0.25, 0.3) is 0 Å². The predicted molar refractivity (Wildman–Crippen MR) is 105 cm³/mol. The highest BCUT2D eigenvalue weighted by molar-refractivity contribution is 9.10. The predicted octanol–water partition coefficient (Wildman–Crippen LogP) is 3.82. The van der Waals surface area contributed by atoms with Crippen molar-refractivity contribution < 1.29 is 19.0 Å². The first kappa shape index (κ1) is 20.1. The summed E-state index contributed by atoms with van der Waals surface area (Å²) in [6.45, 7) is 4.44. The van der Waals surface area contributed by atoms with Crippen LogP contribution >= 0.6 is 15.9 Å². The average Bonchev–Trinajstić information content (AvgIpc) is 2.62. The Morgan fingerprint density at radius 2 is 1.69 bits per heavy atom. The van der Waals surface area contributed by atoms with E-state index in [4.69, 9.17) is 14.2 Å². The van der Waals surface area contributed by atoms with Gasteiger partial charge in [0.25, 0.3) is 5.91 Å². The first-order valence-electron chi connectivity index (χ1n) is 8.32.